The Morgan fingerprint density at radius 3 is 2.67 bits per heavy atom. The molecule has 0 bridgehead atoms. The van der Waals surface area contributed by atoms with Crippen molar-refractivity contribution in [3.8, 4) is 0 Å². The van der Waals surface area contributed by atoms with Crippen LogP contribution in [-0.4, -0.2) is 11.9 Å². The van der Waals surface area contributed by atoms with Gasteiger partial charge in [-0.3, -0.25) is 4.79 Å². The molecule has 1 heterocycles. The Kier molecular flexibility index (Phi) is 0.765. The second-order valence-electron chi connectivity index (χ2n) is 3.09. The fourth-order valence-corrected chi connectivity index (χ4v) is 1.72. The molecule has 0 aromatic heterocycles. The largest absolute Gasteiger partial charge is 0.352 e. The molecule has 2 aliphatic rings. The Morgan fingerprint density at radius 1 is 1.78 bits per heavy atom. The predicted octanol–water partition coefficient (Wildman–Crippen LogP) is 0.675. The molecule has 2 nitrogen and oxygen atoms in total. The maximum atomic E-state index is 10.9. The summed E-state index contributed by atoms with van der Waals surface area (Å²) in [5.74, 6) is 0.300. The van der Waals surface area contributed by atoms with E-state index >= 15 is 0 Å². The number of amides is 1. The lowest BCUT2D eigenvalue weighted by Gasteiger charge is -2.36. The van der Waals surface area contributed by atoms with Crippen LogP contribution >= 0.6 is 0 Å². The lowest BCUT2D eigenvalue weighted by molar-refractivity contribution is -0.137. The summed E-state index contributed by atoms with van der Waals surface area (Å²) in [6.45, 7) is 2.13. The molecule has 0 aromatic rings. The van der Waals surface area contributed by atoms with E-state index in [-0.39, 0.29) is 5.41 Å². The molecule has 1 N–H and O–H groups in total. The molecule has 1 saturated heterocycles. The van der Waals surface area contributed by atoms with Crippen molar-refractivity contribution in [3.05, 3.63) is 0 Å². The molecular formula is C7H11NO. The summed E-state index contributed by atoms with van der Waals surface area (Å²) in [5.41, 5.74) is 0.148. The molecule has 2 rings (SSSR count). The topological polar surface area (TPSA) is 29.1 Å². The van der Waals surface area contributed by atoms with Gasteiger partial charge >= 0.3 is 0 Å². The number of β-lactam (4-membered cyclic amide) rings is 1. The van der Waals surface area contributed by atoms with Crippen molar-refractivity contribution in [1.82, 2.24) is 5.32 Å². The SMILES string of the molecule is CCC1NC(=O)C12CC2. The van der Waals surface area contributed by atoms with Crippen LogP contribution in [-0.2, 0) is 4.79 Å². The van der Waals surface area contributed by atoms with Crippen LogP contribution in [0.5, 0.6) is 0 Å². The van der Waals surface area contributed by atoms with Crippen molar-refractivity contribution in [2.75, 3.05) is 0 Å². The first-order chi connectivity index (χ1) is 4.29. The Labute approximate surface area is 54.6 Å². The Bertz CT molecular complexity index is 160. The monoisotopic (exact) mass is 125 g/mol. The zero-order valence-electron chi connectivity index (χ0n) is 5.61. The molecule has 2 fully saturated rings. The van der Waals surface area contributed by atoms with Crippen molar-refractivity contribution in [2.45, 2.75) is 32.2 Å². The summed E-state index contributed by atoms with van der Waals surface area (Å²) in [7, 11) is 0. The highest BCUT2D eigenvalue weighted by atomic mass is 16.2. The molecule has 0 radical (unpaired) electrons. The molecule has 2 heteroatoms. The lowest BCUT2D eigenvalue weighted by Crippen LogP contribution is -2.59. The molecule has 50 valence electrons. The van der Waals surface area contributed by atoms with Gasteiger partial charge in [-0.2, -0.15) is 0 Å². The molecular weight excluding hydrogens is 114 g/mol. The normalized spacial score (nSPS) is 35.7. The van der Waals surface area contributed by atoms with Gasteiger partial charge in [0.15, 0.2) is 0 Å². The third kappa shape index (κ3) is 0.443. The van der Waals surface area contributed by atoms with E-state index in [9.17, 15) is 4.79 Å². The van der Waals surface area contributed by atoms with Crippen LogP contribution in [0, 0.1) is 5.41 Å². The number of carbonyl (C=O) groups is 1. The number of hydrogen-bond donors (Lipinski definition) is 1. The zero-order chi connectivity index (χ0) is 6.48. The number of nitrogens with one attached hydrogen (secondary N) is 1. The van der Waals surface area contributed by atoms with Gasteiger partial charge < -0.3 is 5.32 Å². The Balaban J connectivity index is 2.11. The van der Waals surface area contributed by atoms with Gasteiger partial charge in [-0.1, -0.05) is 6.92 Å². The predicted molar refractivity (Wildman–Crippen MR) is 33.9 cm³/mol. The summed E-state index contributed by atoms with van der Waals surface area (Å²) in [6.07, 6.45) is 3.38. The van der Waals surface area contributed by atoms with Crippen molar-refractivity contribution in [2.24, 2.45) is 5.41 Å². The summed E-state index contributed by atoms with van der Waals surface area (Å²) in [4.78, 5) is 10.9. The van der Waals surface area contributed by atoms with Crippen LogP contribution in [0.25, 0.3) is 0 Å². The van der Waals surface area contributed by atoms with Crippen LogP contribution in [0.1, 0.15) is 26.2 Å². The van der Waals surface area contributed by atoms with E-state index < -0.39 is 0 Å². The minimum absolute atomic E-state index is 0.148. The van der Waals surface area contributed by atoms with E-state index in [0.717, 1.165) is 19.3 Å². The van der Waals surface area contributed by atoms with Crippen molar-refractivity contribution >= 4 is 5.91 Å². The van der Waals surface area contributed by atoms with Crippen LogP contribution in [0.15, 0.2) is 0 Å². The lowest BCUT2D eigenvalue weighted by atomic mass is 9.85. The van der Waals surface area contributed by atoms with E-state index in [1.165, 1.54) is 0 Å². The highest BCUT2D eigenvalue weighted by molar-refractivity contribution is 5.92. The van der Waals surface area contributed by atoms with Gasteiger partial charge in [0.25, 0.3) is 0 Å². The molecule has 0 aromatic carbocycles. The summed E-state index contributed by atoms with van der Waals surface area (Å²) in [5, 5.41) is 2.91. The Morgan fingerprint density at radius 2 is 2.44 bits per heavy atom. The van der Waals surface area contributed by atoms with E-state index in [0.29, 0.717) is 11.9 Å². The second kappa shape index (κ2) is 1.31. The van der Waals surface area contributed by atoms with Crippen LogP contribution < -0.4 is 5.32 Å². The third-order valence-electron chi connectivity index (χ3n) is 2.62. The molecule has 1 spiro atoms. The van der Waals surface area contributed by atoms with Crippen molar-refractivity contribution in [3.63, 3.8) is 0 Å². The highest BCUT2D eigenvalue weighted by Crippen LogP contribution is 2.54. The quantitative estimate of drug-likeness (QED) is 0.513. The fourth-order valence-electron chi connectivity index (χ4n) is 1.72. The van der Waals surface area contributed by atoms with Crippen LogP contribution in [0.4, 0.5) is 0 Å². The number of hydrogen-bond acceptors (Lipinski definition) is 1. The zero-order valence-corrected chi connectivity index (χ0v) is 5.61. The first-order valence-corrected chi connectivity index (χ1v) is 3.60. The van der Waals surface area contributed by atoms with E-state index in [2.05, 4.69) is 12.2 Å². The van der Waals surface area contributed by atoms with Gasteiger partial charge in [0.1, 0.15) is 0 Å². The average Bonchev–Trinajstić information content (AvgIpc) is 2.61. The molecule has 1 saturated carbocycles. The first kappa shape index (κ1) is 5.27. The smallest absolute Gasteiger partial charge is 0.228 e. The van der Waals surface area contributed by atoms with E-state index in [4.69, 9.17) is 0 Å². The van der Waals surface area contributed by atoms with Gasteiger partial charge in [-0.25, -0.2) is 0 Å². The number of rotatable bonds is 1. The first-order valence-electron chi connectivity index (χ1n) is 3.60. The van der Waals surface area contributed by atoms with Crippen molar-refractivity contribution in [1.29, 1.82) is 0 Å². The van der Waals surface area contributed by atoms with E-state index in [1.807, 2.05) is 0 Å². The summed E-state index contributed by atoms with van der Waals surface area (Å²) < 4.78 is 0. The third-order valence-corrected chi connectivity index (χ3v) is 2.62. The molecule has 9 heavy (non-hydrogen) atoms. The van der Waals surface area contributed by atoms with Gasteiger partial charge in [-0.05, 0) is 19.3 Å². The highest BCUT2D eigenvalue weighted by Gasteiger charge is 2.62. The van der Waals surface area contributed by atoms with Crippen LogP contribution in [0.2, 0.25) is 0 Å². The minimum Gasteiger partial charge on any atom is -0.352 e. The Hall–Kier alpha value is -0.530. The van der Waals surface area contributed by atoms with Gasteiger partial charge in [0, 0.05) is 6.04 Å². The summed E-state index contributed by atoms with van der Waals surface area (Å²) in [6, 6.07) is 0.519. The van der Waals surface area contributed by atoms with Crippen LogP contribution in [0.3, 0.4) is 0 Å². The van der Waals surface area contributed by atoms with Gasteiger partial charge in [0.05, 0.1) is 5.41 Å². The standard InChI is InChI=1S/C7H11NO/c1-2-5-7(3-4-7)6(9)8-5/h5H,2-4H2,1H3,(H,8,9). The molecule has 1 aliphatic carbocycles. The fraction of sp³-hybridized carbons (Fsp3) is 0.857. The molecule has 1 unspecified atom stereocenters. The maximum absolute atomic E-state index is 10.9. The molecule has 1 atom stereocenters. The molecule has 1 amide bonds. The minimum atomic E-state index is 0.148. The van der Waals surface area contributed by atoms with Gasteiger partial charge in [0.2, 0.25) is 5.91 Å². The number of carbonyl (C=O) groups excluding carboxylic acids is 1. The molecule has 1 aliphatic heterocycles. The van der Waals surface area contributed by atoms with Crippen molar-refractivity contribution < 1.29 is 4.79 Å². The average molecular weight is 125 g/mol. The second-order valence-corrected chi connectivity index (χ2v) is 3.09. The summed E-state index contributed by atoms with van der Waals surface area (Å²) >= 11 is 0. The van der Waals surface area contributed by atoms with Gasteiger partial charge in [-0.15, -0.1) is 0 Å². The maximum Gasteiger partial charge on any atom is 0.228 e. The van der Waals surface area contributed by atoms with E-state index in [1.54, 1.807) is 0 Å².